The second-order valence-corrected chi connectivity index (χ2v) is 8.00. The van der Waals surface area contributed by atoms with Crippen molar-refractivity contribution in [2.75, 3.05) is 13.6 Å². The molecule has 0 aliphatic rings. The zero-order valence-corrected chi connectivity index (χ0v) is 18.8. The summed E-state index contributed by atoms with van der Waals surface area (Å²) >= 11 is 5.91. The van der Waals surface area contributed by atoms with Crippen LogP contribution in [-0.4, -0.2) is 31.6 Å². The highest BCUT2D eigenvalue weighted by Gasteiger charge is 2.20. The van der Waals surface area contributed by atoms with Gasteiger partial charge in [0.2, 0.25) is 0 Å². The fraction of sp³-hybridized carbons (Fsp3) is 0.364. The highest BCUT2D eigenvalue weighted by molar-refractivity contribution is 6.30. The average molecular weight is 466 g/mol. The van der Waals surface area contributed by atoms with E-state index >= 15 is 0 Å². The summed E-state index contributed by atoms with van der Waals surface area (Å²) in [6.07, 6.45) is -0.229. The first kappa shape index (κ1) is 25.4. The maximum absolute atomic E-state index is 13.5. The molecule has 32 heavy (non-hydrogen) atoms. The van der Waals surface area contributed by atoms with E-state index in [1.54, 1.807) is 31.3 Å². The summed E-state index contributed by atoms with van der Waals surface area (Å²) in [5.74, 6) is -2.48. The van der Waals surface area contributed by atoms with Crippen molar-refractivity contribution in [3.8, 4) is 0 Å². The fourth-order valence-electron chi connectivity index (χ4n) is 2.77. The van der Waals surface area contributed by atoms with Gasteiger partial charge in [-0.2, -0.15) is 4.91 Å². The van der Waals surface area contributed by atoms with Crippen molar-refractivity contribution in [1.29, 1.82) is 0 Å². The Labute approximate surface area is 190 Å². The zero-order valence-electron chi connectivity index (χ0n) is 18.0. The van der Waals surface area contributed by atoms with Crippen LogP contribution in [0.4, 0.5) is 8.78 Å². The predicted octanol–water partition coefficient (Wildman–Crippen LogP) is 4.39. The van der Waals surface area contributed by atoms with E-state index in [4.69, 9.17) is 11.6 Å². The van der Waals surface area contributed by atoms with Gasteiger partial charge >= 0.3 is 0 Å². The van der Waals surface area contributed by atoms with E-state index < -0.39 is 29.7 Å². The molecular weight excluding hydrogens is 440 g/mol. The lowest BCUT2D eigenvalue weighted by Crippen LogP contribution is -2.51. The van der Waals surface area contributed by atoms with Crippen molar-refractivity contribution in [1.82, 2.24) is 16.0 Å². The Kier molecular flexibility index (Phi) is 9.67. The minimum Gasteiger partial charge on any atom is -0.341 e. The summed E-state index contributed by atoms with van der Waals surface area (Å²) < 4.78 is 26.7. The maximum atomic E-state index is 13.5. The first-order valence-corrected chi connectivity index (χ1v) is 10.4. The summed E-state index contributed by atoms with van der Waals surface area (Å²) in [5.41, 5.74) is 0.635. The van der Waals surface area contributed by atoms with Gasteiger partial charge < -0.3 is 10.6 Å². The van der Waals surface area contributed by atoms with Crippen molar-refractivity contribution >= 4 is 23.5 Å². The molecule has 0 heterocycles. The number of carbonyl (C=O) groups excluding carboxylic acids is 1. The molecule has 2 atom stereocenters. The fourth-order valence-corrected chi connectivity index (χ4v) is 2.90. The van der Waals surface area contributed by atoms with Crippen LogP contribution in [0.25, 0.3) is 0 Å². The van der Waals surface area contributed by atoms with Crippen LogP contribution in [0.1, 0.15) is 42.2 Å². The smallest absolute Gasteiger partial charge is 0.258 e. The number of nitroso groups, excluding NO2 is 1. The van der Waals surface area contributed by atoms with E-state index in [0.29, 0.717) is 17.1 Å². The summed E-state index contributed by atoms with van der Waals surface area (Å²) in [4.78, 5) is 28.4. The molecule has 1 amide bonds. The second-order valence-electron chi connectivity index (χ2n) is 7.56. The Morgan fingerprint density at radius 1 is 1.09 bits per heavy atom. The molecule has 2 aromatic rings. The zero-order chi connectivity index (χ0) is 23.7. The number of nitrogens with one attached hydrogen (secondary N) is 3. The third kappa shape index (κ3) is 7.65. The van der Waals surface area contributed by atoms with Crippen molar-refractivity contribution in [3.63, 3.8) is 0 Å². The number of nitrogens with zero attached hydrogens (tertiary/aromatic N) is 2. The molecule has 3 N–H and O–H groups in total. The van der Waals surface area contributed by atoms with Gasteiger partial charge in [0.05, 0.1) is 6.17 Å². The average Bonchev–Trinajstić information content (AvgIpc) is 2.77. The molecule has 7 nitrogen and oxygen atoms in total. The molecule has 2 unspecified atom stereocenters. The van der Waals surface area contributed by atoms with Crippen LogP contribution >= 0.6 is 11.6 Å². The van der Waals surface area contributed by atoms with Gasteiger partial charge in [0.1, 0.15) is 6.04 Å². The Bertz CT molecular complexity index is 954. The monoisotopic (exact) mass is 465 g/mol. The van der Waals surface area contributed by atoms with Gasteiger partial charge in [-0.15, -0.1) is 0 Å². The quantitative estimate of drug-likeness (QED) is 0.221. The number of benzene rings is 2. The largest absolute Gasteiger partial charge is 0.341 e. The predicted molar refractivity (Wildman–Crippen MR) is 122 cm³/mol. The van der Waals surface area contributed by atoms with Gasteiger partial charge in [0.25, 0.3) is 5.91 Å². The molecule has 0 radical (unpaired) electrons. The molecule has 10 heteroatoms. The molecular formula is C22H26ClF2N5O2. The van der Waals surface area contributed by atoms with E-state index in [1.165, 1.54) is 6.07 Å². The van der Waals surface area contributed by atoms with Crippen LogP contribution in [0.3, 0.4) is 0 Å². The molecule has 172 valence electrons. The Morgan fingerprint density at radius 2 is 1.78 bits per heavy atom. The lowest BCUT2D eigenvalue weighted by Gasteiger charge is -2.23. The minimum atomic E-state index is -1.12. The molecule has 0 aliphatic carbocycles. The van der Waals surface area contributed by atoms with Gasteiger partial charge in [-0.3, -0.25) is 15.1 Å². The molecule has 0 saturated heterocycles. The van der Waals surface area contributed by atoms with Crippen LogP contribution in [0, 0.1) is 22.5 Å². The number of carbonyl (C=O) groups is 1. The third-order valence-electron chi connectivity index (χ3n) is 4.53. The van der Waals surface area contributed by atoms with Gasteiger partial charge in [0, 0.05) is 23.6 Å². The van der Waals surface area contributed by atoms with Gasteiger partial charge in [-0.25, -0.2) is 8.78 Å². The lowest BCUT2D eigenvalue weighted by atomic mass is 10.0. The number of rotatable bonds is 9. The molecule has 0 spiro atoms. The Hall–Kier alpha value is -2.91. The standard InChI is InChI=1S/C22H26ClF2N5O2/c1-13(2)12-27-22(29-21(31)15-6-9-17(24)18(25)10-15)28-20(26-3)11-19(30-32)14-4-7-16(23)8-5-14/h4-10,13,19-20,26H,11-12H2,1-3H3,(H2,27,28,29,31). The topological polar surface area (TPSA) is 94.9 Å². The number of aliphatic imine (C=N–C) groups is 1. The van der Waals surface area contributed by atoms with E-state index in [9.17, 15) is 18.5 Å². The maximum Gasteiger partial charge on any atom is 0.258 e. The Balaban J connectivity index is 2.16. The number of guanidine groups is 1. The van der Waals surface area contributed by atoms with Crippen LogP contribution in [0.15, 0.2) is 52.6 Å². The normalized spacial score (nSPS) is 13.5. The third-order valence-corrected chi connectivity index (χ3v) is 4.78. The van der Waals surface area contributed by atoms with Gasteiger partial charge in [0.15, 0.2) is 17.6 Å². The highest BCUT2D eigenvalue weighted by Crippen LogP contribution is 2.23. The molecule has 2 rings (SSSR count). The van der Waals surface area contributed by atoms with Crippen LogP contribution in [0.5, 0.6) is 0 Å². The first-order valence-electron chi connectivity index (χ1n) is 10.1. The summed E-state index contributed by atoms with van der Waals surface area (Å²) in [5, 5.41) is 12.4. The first-order chi connectivity index (χ1) is 15.2. The molecule has 0 aliphatic heterocycles. The molecule has 0 fully saturated rings. The van der Waals surface area contributed by atoms with Crippen LogP contribution in [-0.2, 0) is 0 Å². The van der Waals surface area contributed by atoms with Gasteiger partial charge in [-0.1, -0.05) is 42.8 Å². The highest BCUT2D eigenvalue weighted by atomic mass is 35.5. The van der Waals surface area contributed by atoms with Crippen LogP contribution < -0.4 is 16.0 Å². The molecule has 0 saturated carbocycles. The Morgan fingerprint density at radius 3 is 2.34 bits per heavy atom. The van der Waals surface area contributed by atoms with Crippen molar-refractivity contribution in [2.45, 2.75) is 32.5 Å². The molecule has 0 aromatic heterocycles. The van der Waals surface area contributed by atoms with Gasteiger partial charge in [-0.05, 0) is 48.9 Å². The minimum absolute atomic E-state index is 0.0578. The summed E-state index contributed by atoms with van der Waals surface area (Å²) in [7, 11) is 1.68. The summed E-state index contributed by atoms with van der Waals surface area (Å²) in [6.45, 7) is 4.32. The van der Waals surface area contributed by atoms with Crippen molar-refractivity contribution in [2.24, 2.45) is 16.1 Å². The number of hydrogen-bond acceptors (Lipinski definition) is 5. The van der Waals surface area contributed by atoms with Crippen molar-refractivity contribution in [3.05, 3.63) is 75.2 Å². The lowest BCUT2D eigenvalue weighted by molar-refractivity contribution is 0.0974. The van der Waals surface area contributed by atoms with E-state index in [-0.39, 0.29) is 23.9 Å². The number of hydrogen-bond donors (Lipinski definition) is 3. The molecule has 0 bridgehead atoms. The second kappa shape index (κ2) is 12.2. The van der Waals surface area contributed by atoms with Crippen molar-refractivity contribution < 1.29 is 13.6 Å². The summed E-state index contributed by atoms with van der Waals surface area (Å²) in [6, 6.07) is 8.99. The van der Waals surface area contributed by atoms with E-state index in [2.05, 4.69) is 26.1 Å². The molecule has 2 aromatic carbocycles. The van der Waals surface area contributed by atoms with Crippen LogP contribution in [0.2, 0.25) is 5.02 Å². The number of amides is 1. The van der Waals surface area contributed by atoms with E-state index in [1.807, 2.05) is 13.8 Å². The number of halogens is 3. The van der Waals surface area contributed by atoms with E-state index in [0.717, 1.165) is 12.1 Å². The SMILES string of the molecule is CNC(CC(N=O)c1ccc(Cl)cc1)NC(=NCC(C)C)NC(=O)c1ccc(F)c(F)c1.